The molecule has 1 saturated heterocycles. The van der Waals surface area contributed by atoms with Gasteiger partial charge in [0.25, 0.3) is 0 Å². The largest absolute Gasteiger partial charge is 0.315 e. The van der Waals surface area contributed by atoms with Gasteiger partial charge in [0.1, 0.15) is 0 Å². The summed E-state index contributed by atoms with van der Waals surface area (Å²) >= 11 is 0. The van der Waals surface area contributed by atoms with E-state index in [0.717, 1.165) is 19.0 Å². The Morgan fingerprint density at radius 3 is 3.00 bits per heavy atom. The van der Waals surface area contributed by atoms with Gasteiger partial charge in [0.15, 0.2) is 0 Å². The van der Waals surface area contributed by atoms with Gasteiger partial charge in [0, 0.05) is 13.1 Å². The molecular formula is C10H19N3. The fraction of sp³-hybridized carbons (Fsp3) is 0.900. The maximum atomic E-state index is 8.57. The van der Waals surface area contributed by atoms with Crippen LogP contribution in [0.15, 0.2) is 0 Å². The van der Waals surface area contributed by atoms with Gasteiger partial charge in [-0.25, -0.2) is 0 Å². The number of hydrogen-bond donors (Lipinski definition) is 1. The molecule has 1 aliphatic heterocycles. The second-order valence-electron chi connectivity index (χ2n) is 4.11. The van der Waals surface area contributed by atoms with E-state index in [9.17, 15) is 0 Å². The maximum Gasteiger partial charge on any atom is 0.0666 e. The standard InChI is InChI=1S/C10H19N3/c1-9(5-11)6-12-7-10-3-4-13(2)8-10/h9-10,12H,3-4,6-8H2,1-2H3. The first-order chi connectivity index (χ1) is 6.22. The van der Waals surface area contributed by atoms with E-state index >= 15 is 0 Å². The van der Waals surface area contributed by atoms with Crippen molar-refractivity contribution < 1.29 is 0 Å². The van der Waals surface area contributed by atoms with Gasteiger partial charge in [0.05, 0.1) is 12.0 Å². The van der Waals surface area contributed by atoms with E-state index in [-0.39, 0.29) is 5.92 Å². The molecule has 1 heterocycles. The Bertz CT molecular complexity index is 185. The van der Waals surface area contributed by atoms with E-state index < -0.39 is 0 Å². The van der Waals surface area contributed by atoms with Gasteiger partial charge in [0.2, 0.25) is 0 Å². The van der Waals surface area contributed by atoms with E-state index in [1.54, 1.807) is 0 Å². The summed E-state index contributed by atoms with van der Waals surface area (Å²) in [6.07, 6.45) is 1.30. The first-order valence-corrected chi connectivity index (χ1v) is 5.01. The average molecular weight is 181 g/mol. The average Bonchev–Trinajstić information content (AvgIpc) is 2.51. The zero-order valence-electron chi connectivity index (χ0n) is 8.58. The van der Waals surface area contributed by atoms with Crippen molar-refractivity contribution in [3.63, 3.8) is 0 Å². The molecular weight excluding hydrogens is 162 g/mol. The van der Waals surface area contributed by atoms with Crippen molar-refractivity contribution in [2.75, 3.05) is 33.2 Å². The first-order valence-electron chi connectivity index (χ1n) is 5.01. The minimum absolute atomic E-state index is 0.138. The molecule has 0 aromatic heterocycles. The molecule has 74 valence electrons. The molecule has 0 saturated carbocycles. The monoisotopic (exact) mass is 181 g/mol. The second kappa shape index (κ2) is 5.21. The summed E-state index contributed by atoms with van der Waals surface area (Å²) in [6.45, 7) is 6.27. The van der Waals surface area contributed by atoms with Gasteiger partial charge >= 0.3 is 0 Å². The Kier molecular flexibility index (Phi) is 4.20. The predicted molar refractivity (Wildman–Crippen MR) is 53.3 cm³/mol. The second-order valence-corrected chi connectivity index (χ2v) is 4.11. The van der Waals surface area contributed by atoms with Crippen LogP contribution in [0.1, 0.15) is 13.3 Å². The number of rotatable bonds is 4. The Morgan fingerprint density at radius 2 is 2.46 bits per heavy atom. The van der Waals surface area contributed by atoms with Crippen LogP contribution < -0.4 is 5.32 Å². The van der Waals surface area contributed by atoms with Crippen molar-refractivity contribution in [3.05, 3.63) is 0 Å². The van der Waals surface area contributed by atoms with Gasteiger partial charge in [-0.15, -0.1) is 0 Å². The topological polar surface area (TPSA) is 39.1 Å². The van der Waals surface area contributed by atoms with E-state index in [0.29, 0.717) is 0 Å². The van der Waals surface area contributed by atoms with Crippen LogP contribution in [0.4, 0.5) is 0 Å². The molecule has 0 aromatic carbocycles. The number of hydrogen-bond acceptors (Lipinski definition) is 3. The van der Waals surface area contributed by atoms with Crippen LogP contribution in [-0.2, 0) is 0 Å². The summed E-state index contributed by atoms with van der Waals surface area (Å²) in [5.74, 6) is 0.926. The molecule has 2 atom stereocenters. The van der Waals surface area contributed by atoms with Gasteiger partial charge in [-0.3, -0.25) is 0 Å². The lowest BCUT2D eigenvalue weighted by molar-refractivity contribution is 0.386. The van der Waals surface area contributed by atoms with Crippen LogP contribution in [0.3, 0.4) is 0 Å². The van der Waals surface area contributed by atoms with Crippen molar-refractivity contribution in [2.45, 2.75) is 13.3 Å². The molecule has 0 aromatic rings. The third kappa shape index (κ3) is 3.75. The third-order valence-electron chi connectivity index (χ3n) is 2.59. The number of nitrogens with zero attached hydrogens (tertiary/aromatic N) is 2. The van der Waals surface area contributed by atoms with Crippen LogP contribution >= 0.6 is 0 Å². The molecule has 2 unspecified atom stereocenters. The Labute approximate surface area is 80.7 Å². The van der Waals surface area contributed by atoms with Crippen LogP contribution in [-0.4, -0.2) is 38.1 Å². The summed E-state index contributed by atoms with van der Waals surface area (Å²) in [5.41, 5.74) is 0. The van der Waals surface area contributed by atoms with E-state index in [1.165, 1.54) is 19.5 Å². The summed E-state index contributed by atoms with van der Waals surface area (Å²) < 4.78 is 0. The molecule has 1 N–H and O–H groups in total. The van der Waals surface area contributed by atoms with Crippen LogP contribution in [0, 0.1) is 23.2 Å². The van der Waals surface area contributed by atoms with Crippen molar-refractivity contribution >= 4 is 0 Å². The molecule has 1 aliphatic rings. The van der Waals surface area contributed by atoms with E-state index in [4.69, 9.17) is 5.26 Å². The van der Waals surface area contributed by atoms with Gasteiger partial charge in [-0.2, -0.15) is 5.26 Å². The molecule has 0 radical (unpaired) electrons. The highest BCUT2D eigenvalue weighted by atomic mass is 15.1. The lowest BCUT2D eigenvalue weighted by atomic mass is 10.1. The summed E-state index contributed by atoms with van der Waals surface area (Å²) in [4.78, 5) is 2.36. The fourth-order valence-electron chi connectivity index (χ4n) is 1.74. The molecule has 13 heavy (non-hydrogen) atoms. The molecule has 1 rings (SSSR count). The lowest BCUT2D eigenvalue weighted by Gasteiger charge is -2.11. The summed E-state index contributed by atoms with van der Waals surface area (Å²) in [5, 5.41) is 11.9. The number of nitrogens with one attached hydrogen (secondary N) is 1. The minimum atomic E-state index is 0.138. The highest BCUT2D eigenvalue weighted by Gasteiger charge is 2.18. The molecule has 1 fully saturated rings. The van der Waals surface area contributed by atoms with Crippen LogP contribution in [0.2, 0.25) is 0 Å². The van der Waals surface area contributed by atoms with Crippen LogP contribution in [0.25, 0.3) is 0 Å². The molecule has 0 bridgehead atoms. The molecule has 3 heteroatoms. The summed E-state index contributed by atoms with van der Waals surface area (Å²) in [6, 6.07) is 2.23. The quantitative estimate of drug-likeness (QED) is 0.693. The first kappa shape index (κ1) is 10.5. The number of nitriles is 1. The lowest BCUT2D eigenvalue weighted by Crippen LogP contribution is -2.28. The van der Waals surface area contributed by atoms with Crippen molar-refractivity contribution in [1.82, 2.24) is 10.2 Å². The molecule has 0 amide bonds. The fourth-order valence-corrected chi connectivity index (χ4v) is 1.74. The van der Waals surface area contributed by atoms with Crippen LogP contribution in [0.5, 0.6) is 0 Å². The van der Waals surface area contributed by atoms with Gasteiger partial charge in [-0.05, 0) is 39.4 Å². The summed E-state index contributed by atoms with van der Waals surface area (Å²) in [7, 11) is 2.16. The Morgan fingerprint density at radius 1 is 1.69 bits per heavy atom. The molecule has 0 aliphatic carbocycles. The van der Waals surface area contributed by atoms with E-state index in [2.05, 4.69) is 23.3 Å². The van der Waals surface area contributed by atoms with Crippen molar-refractivity contribution in [3.8, 4) is 6.07 Å². The van der Waals surface area contributed by atoms with E-state index in [1.807, 2.05) is 6.92 Å². The molecule has 3 nitrogen and oxygen atoms in total. The van der Waals surface area contributed by atoms with Gasteiger partial charge in [-0.1, -0.05) is 0 Å². The maximum absolute atomic E-state index is 8.57. The zero-order valence-corrected chi connectivity index (χ0v) is 8.58. The number of likely N-dealkylation sites (tertiary alicyclic amines) is 1. The smallest absolute Gasteiger partial charge is 0.0666 e. The minimum Gasteiger partial charge on any atom is -0.315 e. The third-order valence-corrected chi connectivity index (χ3v) is 2.59. The highest BCUT2D eigenvalue weighted by molar-refractivity contribution is 4.81. The Balaban J connectivity index is 2.04. The molecule has 0 spiro atoms. The zero-order chi connectivity index (χ0) is 9.68. The van der Waals surface area contributed by atoms with Crippen molar-refractivity contribution in [2.24, 2.45) is 11.8 Å². The highest BCUT2D eigenvalue weighted by Crippen LogP contribution is 2.12. The Hall–Kier alpha value is -0.590. The SMILES string of the molecule is CC(C#N)CNCC1CCN(C)C1. The normalized spacial score (nSPS) is 25.8. The van der Waals surface area contributed by atoms with Gasteiger partial charge < -0.3 is 10.2 Å². The van der Waals surface area contributed by atoms with Crippen molar-refractivity contribution in [1.29, 1.82) is 5.26 Å². The predicted octanol–water partition coefficient (Wildman–Crippen LogP) is 0.687.